The van der Waals surface area contributed by atoms with Crippen molar-refractivity contribution in [1.29, 1.82) is 0 Å². The number of benzene rings is 3. The van der Waals surface area contributed by atoms with Crippen LogP contribution in [0.3, 0.4) is 0 Å². The van der Waals surface area contributed by atoms with Gasteiger partial charge >= 0.3 is 6.09 Å². The zero-order valence-corrected chi connectivity index (χ0v) is 38.1. The van der Waals surface area contributed by atoms with Crippen LogP contribution >= 0.6 is 0 Å². The number of likely N-dealkylation sites (tertiary alicyclic amines) is 2. The van der Waals surface area contributed by atoms with Crippen LogP contribution in [0.2, 0.25) is 18.1 Å². The first kappa shape index (κ1) is 45.7. The van der Waals surface area contributed by atoms with Crippen molar-refractivity contribution in [2.45, 2.75) is 109 Å². The number of ether oxygens (including phenoxy) is 1. The van der Waals surface area contributed by atoms with Crippen molar-refractivity contribution in [2.75, 3.05) is 51.6 Å². The number of nitrogens with zero attached hydrogens (tertiary/aromatic N) is 3. The van der Waals surface area contributed by atoms with Crippen molar-refractivity contribution in [3.8, 4) is 16.9 Å². The van der Waals surface area contributed by atoms with E-state index in [-0.39, 0.29) is 52.9 Å². The van der Waals surface area contributed by atoms with Gasteiger partial charge in [0.25, 0.3) is 0 Å². The molecule has 2 N–H and O–H groups in total. The smallest absolute Gasteiger partial charge is 0.411 e. The molecule has 11 nitrogen and oxygen atoms in total. The van der Waals surface area contributed by atoms with Gasteiger partial charge in [-0.2, -0.15) is 0 Å². The van der Waals surface area contributed by atoms with Crippen molar-refractivity contribution in [3.63, 3.8) is 0 Å². The Morgan fingerprint density at radius 1 is 0.902 bits per heavy atom. The lowest BCUT2D eigenvalue weighted by Crippen LogP contribution is -2.45. The summed E-state index contributed by atoms with van der Waals surface area (Å²) in [7, 11) is -0.284. The van der Waals surface area contributed by atoms with E-state index < -0.39 is 14.4 Å². The molecule has 3 aromatic rings. The molecule has 0 aromatic heterocycles. The first-order valence-corrected chi connectivity index (χ1v) is 25.1. The summed E-state index contributed by atoms with van der Waals surface area (Å²) in [4.78, 5) is 57.8. The Morgan fingerprint density at radius 3 is 2.30 bits per heavy atom. The van der Waals surface area contributed by atoms with Crippen LogP contribution in [0.4, 0.5) is 10.5 Å². The molecular weight excluding hydrogens is 785 g/mol. The van der Waals surface area contributed by atoms with Crippen molar-refractivity contribution in [1.82, 2.24) is 14.7 Å². The van der Waals surface area contributed by atoms with Gasteiger partial charge in [-0.25, -0.2) is 4.79 Å². The first-order chi connectivity index (χ1) is 29.1. The lowest BCUT2D eigenvalue weighted by atomic mass is 9.88. The number of unbranched alkanes of at least 4 members (excludes halogenated alkanes) is 1. The SMILES string of the molecule is CN(CCCC[C@H](O[Si](C)(C)C(C)(C)C)c1ccc(O)c2c1C=CC(=O)C2)C(=O)C1CCN(C(=O)CCN2CCC(OC(=O)Nc3ccccc3-c3ccccc3)CC2)CC1. The molecule has 3 amide bonds. The molecule has 1 atom stereocenters. The average molecular weight is 851 g/mol. The highest BCUT2D eigenvalue weighted by Crippen LogP contribution is 2.43. The number of anilines is 1. The maximum atomic E-state index is 13.5. The molecule has 0 bridgehead atoms. The van der Waals surface area contributed by atoms with Gasteiger partial charge in [0.1, 0.15) is 11.9 Å². The second-order valence-electron chi connectivity index (χ2n) is 18.6. The van der Waals surface area contributed by atoms with E-state index in [1.54, 1.807) is 12.1 Å². The number of piperidine rings is 2. The van der Waals surface area contributed by atoms with Crippen LogP contribution < -0.4 is 5.32 Å². The molecule has 12 heteroatoms. The number of phenolic OH excluding ortho intramolecular Hbond substituents is 1. The van der Waals surface area contributed by atoms with Gasteiger partial charge < -0.3 is 29.0 Å². The van der Waals surface area contributed by atoms with Crippen molar-refractivity contribution >= 4 is 43.8 Å². The van der Waals surface area contributed by atoms with E-state index in [1.165, 1.54) is 0 Å². The molecule has 2 heterocycles. The number of ketones is 1. The number of allylic oxidation sites excluding steroid dienone is 1. The topological polar surface area (TPSA) is 129 Å². The fraction of sp³-hybridized carbons (Fsp3) is 0.510. The summed E-state index contributed by atoms with van der Waals surface area (Å²) in [5, 5.41) is 13.5. The van der Waals surface area contributed by atoms with Gasteiger partial charge in [-0.05, 0) is 98.0 Å². The van der Waals surface area contributed by atoms with Crippen LogP contribution in [0, 0.1) is 5.92 Å². The summed E-state index contributed by atoms with van der Waals surface area (Å²) in [6.45, 7) is 15.2. The maximum Gasteiger partial charge on any atom is 0.411 e. The molecule has 3 aliphatic rings. The number of hydrogen-bond acceptors (Lipinski definition) is 8. The Hall–Kier alpha value is -4.78. The summed E-state index contributed by atoms with van der Waals surface area (Å²) in [5.41, 5.74) is 5.23. The Bertz CT molecular complexity index is 2030. The Kier molecular flexibility index (Phi) is 15.3. The molecular formula is C49H66N4O7Si. The molecule has 2 saturated heterocycles. The Labute approximate surface area is 363 Å². The summed E-state index contributed by atoms with van der Waals surface area (Å²) < 4.78 is 12.8. The highest BCUT2D eigenvalue weighted by molar-refractivity contribution is 6.74. The van der Waals surface area contributed by atoms with E-state index in [1.807, 2.05) is 83.6 Å². The van der Waals surface area contributed by atoms with Gasteiger partial charge in [-0.3, -0.25) is 19.7 Å². The fourth-order valence-corrected chi connectivity index (χ4v) is 9.76. The molecule has 0 spiro atoms. The third-order valence-corrected chi connectivity index (χ3v) is 17.7. The second-order valence-corrected chi connectivity index (χ2v) is 23.3. The second kappa shape index (κ2) is 20.4. The molecule has 61 heavy (non-hydrogen) atoms. The van der Waals surface area contributed by atoms with E-state index in [4.69, 9.17) is 9.16 Å². The number of hydrogen-bond donors (Lipinski definition) is 2. The summed E-state index contributed by atoms with van der Waals surface area (Å²) >= 11 is 0. The van der Waals surface area contributed by atoms with Gasteiger partial charge in [-0.1, -0.05) is 81.4 Å². The monoisotopic (exact) mass is 850 g/mol. The predicted molar refractivity (Wildman–Crippen MR) is 244 cm³/mol. The highest BCUT2D eigenvalue weighted by Gasteiger charge is 2.40. The number of para-hydroxylation sites is 1. The Morgan fingerprint density at radius 2 is 1.59 bits per heavy atom. The molecule has 0 radical (unpaired) electrons. The van der Waals surface area contributed by atoms with Gasteiger partial charge in [0.2, 0.25) is 11.8 Å². The first-order valence-electron chi connectivity index (χ1n) is 22.2. The van der Waals surface area contributed by atoms with Crippen molar-refractivity contribution < 1.29 is 33.4 Å². The zero-order chi connectivity index (χ0) is 43.7. The molecule has 328 valence electrons. The molecule has 3 aromatic carbocycles. The molecule has 2 aliphatic heterocycles. The standard InChI is InChI=1S/C49H66N4O7Si/c1-49(2,3)61(5,6)60-45(41-21-22-44(55)42-34-37(54)19-20-40(41)42)18-12-13-28-51(4)47(57)36-23-32-53(33-24-36)46(56)27-31-52-29-25-38(26-30-52)59-48(58)50-43-17-11-10-16-39(43)35-14-8-7-9-15-35/h7-11,14-17,19-22,36,38,45,55H,12-13,18,23-34H2,1-6H3,(H,50,58)/t45-/m0/s1. The summed E-state index contributed by atoms with van der Waals surface area (Å²) in [6.07, 6.45) is 8.43. The zero-order valence-electron chi connectivity index (χ0n) is 37.1. The molecule has 1 aliphatic carbocycles. The summed E-state index contributed by atoms with van der Waals surface area (Å²) in [6, 6.07) is 21.3. The third-order valence-electron chi connectivity index (χ3n) is 13.2. The minimum atomic E-state index is -2.17. The maximum absolute atomic E-state index is 13.5. The van der Waals surface area contributed by atoms with Crippen LogP contribution in [0.15, 0.2) is 72.8 Å². The Balaban J connectivity index is 0.895. The lowest BCUT2D eigenvalue weighted by molar-refractivity contribution is -0.140. The van der Waals surface area contributed by atoms with Gasteiger partial charge in [0, 0.05) is 76.2 Å². The number of amides is 3. The number of nitrogens with one attached hydrogen (secondary N) is 1. The minimum Gasteiger partial charge on any atom is -0.508 e. The number of carbonyl (C=O) groups excluding carboxylic acids is 4. The minimum absolute atomic E-state index is 0.00817. The predicted octanol–water partition coefficient (Wildman–Crippen LogP) is 9.23. The molecule has 2 fully saturated rings. The largest absolute Gasteiger partial charge is 0.508 e. The molecule has 0 unspecified atom stereocenters. The van der Waals surface area contributed by atoms with Crippen LogP contribution in [0.5, 0.6) is 5.75 Å². The quantitative estimate of drug-likeness (QED) is 0.115. The van der Waals surface area contributed by atoms with Crippen LogP contribution in [0.1, 0.15) is 94.9 Å². The summed E-state index contributed by atoms with van der Waals surface area (Å²) in [5.74, 6) is 0.295. The lowest BCUT2D eigenvalue weighted by Gasteiger charge is -2.40. The average Bonchev–Trinajstić information content (AvgIpc) is 3.24. The number of phenols is 1. The van der Waals surface area contributed by atoms with Gasteiger partial charge in [-0.15, -0.1) is 0 Å². The van der Waals surface area contributed by atoms with E-state index >= 15 is 0 Å². The van der Waals surface area contributed by atoms with Gasteiger partial charge in [0.15, 0.2) is 14.1 Å². The third kappa shape index (κ3) is 12.0. The normalized spacial score (nSPS) is 17.1. The van der Waals surface area contributed by atoms with Crippen molar-refractivity contribution in [2.24, 2.45) is 5.92 Å². The number of carbonyl (C=O) groups is 4. The van der Waals surface area contributed by atoms with E-state index in [9.17, 15) is 24.3 Å². The van der Waals surface area contributed by atoms with Crippen LogP contribution in [-0.2, 0) is 30.0 Å². The van der Waals surface area contributed by atoms with Gasteiger partial charge in [0.05, 0.1) is 11.8 Å². The highest BCUT2D eigenvalue weighted by atomic mass is 28.4. The van der Waals surface area contributed by atoms with Crippen molar-refractivity contribution in [3.05, 3.63) is 89.5 Å². The van der Waals surface area contributed by atoms with E-state index in [0.29, 0.717) is 56.7 Å². The van der Waals surface area contributed by atoms with Crippen LogP contribution in [0.25, 0.3) is 17.2 Å². The van der Waals surface area contributed by atoms with E-state index in [2.05, 4.69) is 44.1 Å². The van der Waals surface area contributed by atoms with E-state index in [0.717, 1.165) is 67.4 Å². The number of rotatable bonds is 15. The molecule has 0 saturated carbocycles. The van der Waals surface area contributed by atoms with Crippen LogP contribution in [-0.4, -0.2) is 104 Å². The number of fused-ring (bicyclic) bond motifs is 1. The number of aromatic hydroxyl groups is 1. The molecule has 6 rings (SSSR count). The fourth-order valence-electron chi connectivity index (χ4n) is 8.45.